The molecule has 0 heterocycles. The summed E-state index contributed by atoms with van der Waals surface area (Å²) in [6, 6.07) is 15.0. The summed E-state index contributed by atoms with van der Waals surface area (Å²) < 4.78 is 5.33. The van der Waals surface area contributed by atoms with Crippen LogP contribution in [-0.4, -0.2) is 35.8 Å². The number of rotatable bonds is 9. The highest BCUT2D eigenvalue weighted by Gasteiger charge is 2.11. The molecule has 0 aromatic heterocycles. The van der Waals surface area contributed by atoms with Crippen LogP contribution in [0.1, 0.15) is 24.8 Å². The van der Waals surface area contributed by atoms with Gasteiger partial charge in [-0.05, 0) is 48.9 Å². The van der Waals surface area contributed by atoms with Crippen molar-refractivity contribution in [3.63, 3.8) is 0 Å². The van der Waals surface area contributed by atoms with Gasteiger partial charge in [0.2, 0.25) is 5.91 Å². The molecule has 4 nitrogen and oxygen atoms in total. The lowest BCUT2D eigenvalue weighted by atomic mass is 10.1. The number of aromatic hydroxyl groups is 1. The number of carbonyl (C=O) groups excluding carboxylic acids is 1. The number of hydrogen-bond acceptors (Lipinski definition) is 4. The second kappa shape index (κ2) is 9.99. The maximum atomic E-state index is 12.3. The van der Waals surface area contributed by atoms with E-state index in [0.29, 0.717) is 13.0 Å². The molecule has 0 saturated heterocycles. The molecule has 0 atom stereocenters. The van der Waals surface area contributed by atoms with Crippen LogP contribution in [0.4, 0.5) is 0 Å². The molecule has 0 fully saturated rings. The van der Waals surface area contributed by atoms with E-state index in [2.05, 4.69) is 0 Å². The summed E-state index contributed by atoms with van der Waals surface area (Å²) in [6.07, 6.45) is 2.42. The summed E-state index contributed by atoms with van der Waals surface area (Å²) in [5.74, 6) is 2.22. The van der Waals surface area contributed by atoms with Crippen molar-refractivity contribution < 1.29 is 14.6 Å². The lowest BCUT2D eigenvalue weighted by Gasteiger charge is -2.18. The minimum absolute atomic E-state index is 0.153. The van der Waals surface area contributed by atoms with Gasteiger partial charge in [-0.1, -0.05) is 18.2 Å². The topological polar surface area (TPSA) is 49.8 Å². The minimum Gasteiger partial charge on any atom is -0.508 e. The van der Waals surface area contributed by atoms with Gasteiger partial charge in [-0.2, -0.15) is 0 Å². The maximum Gasteiger partial charge on any atom is 0.222 e. The first-order chi connectivity index (χ1) is 12.1. The third-order valence-electron chi connectivity index (χ3n) is 3.92. The van der Waals surface area contributed by atoms with Crippen LogP contribution in [0.15, 0.2) is 53.4 Å². The van der Waals surface area contributed by atoms with Gasteiger partial charge in [0, 0.05) is 30.5 Å². The van der Waals surface area contributed by atoms with Crippen LogP contribution in [0.3, 0.4) is 0 Å². The number of carbonyl (C=O) groups is 1. The summed E-state index contributed by atoms with van der Waals surface area (Å²) in [7, 11) is 3.48. The number of phenolic OH excluding ortho intramolecular Hbond substituents is 1. The molecule has 0 aliphatic heterocycles. The van der Waals surface area contributed by atoms with Gasteiger partial charge in [-0.15, -0.1) is 11.8 Å². The summed E-state index contributed by atoms with van der Waals surface area (Å²) in [5.41, 5.74) is 1.02. The largest absolute Gasteiger partial charge is 0.508 e. The molecular formula is C20H25NO3S. The van der Waals surface area contributed by atoms with Gasteiger partial charge in [-0.25, -0.2) is 0 Å². The van der Waals surface area contributed by atoms with E-state index >= 15 is 0 Å². The number of phenols is 1. The Morgan fingerprint density at radius 3 is 2.56 bits per heavy atom. The SMILES string of the molecule is COc1ccccc1CN(C)C(=O)CCCCSc1ccc(O)cc1. The predicted molar refractivity (Wildman–Crippen MR) is 102 cm³/mol. The molecule has 0 aliphatic carbocycles. The molecule has 0 bridgehead atoms. The third kappa shape index (κ3) is 6.35. The molecule has 0 saturated carbocycles. The Balaban J connectivity index is 1.68. The van der Waals surface area contributed by atoms with Crippen LogP contribution < -0.4 is 4.74 Å². The lowest BCUT2D eigenvalue weighted by Crippen LogP contribution is -2.26. The van der Waals surface area contributed by atoms with E-state index in [1.807, 2.05) is 43.4 Å². The number of thioether (sulfide) groups is 1. The number of nitrogens with zero attached hydrogens (tertiary/aromatic N) is 1. The Morgan fingerprint density at radius 1 is 1.12 bits per heavy atom. The first-order valence-electron chi connectivity index (χ1n) is 8.38. The van der Waals surface area contributed by atoms with Crippen LogP contribution in [0.2, 0.25) is 0 Å². The number of methoxy groups -OCH3 is 1. The number of ether oxygens (including phenoxy) is 1. The zero-order valence-electron chi connectivity index (χ0n) is 14.8. The van der Waals surface area contributed by atoms with Crippen molar-refractivity contribution >= 4 is 17.7 Å². The molecule has 5 heteroatoms. The Labute approximate surface area is 153 Å². The molecule has 0 unspecified atom stereocenters. The number of unbranched alkanes of at least 4 members (excludes halogenated alkanes) is 1. The number of para-hydroxylation sites is 1. The smallest absolute Gasteiger partial charge is 0.222 e. The van der Waals surface area contributed by atoms with Gasteiger partial charge < -0.3 is 14.7 Å². The van der Waals surface area contributed by atoms with Crippen molar-refractivity contribution in [2.24, 2.45) is 0 Å². The highest BCUT2D eigenvalue weighted by Crippen LogP contribution is 2.22. The summed E-state index contributed by atoms with van der Waals surface area (Å²) >= 11 is 1.74. The van der Waals surface area contributed by atoms with E-state index in [0.717, 1.165) is 34.8 Å². The molecule has 1 amide bonds. The fourth-order valence-electron chi connectivity index (χ4n) is 2.48. The van der Waals surface area contributed by atoms with Crippen LogP contribution in [0.5, 0.6) is 11.5 Å². The number of hydrogen-bond donors (Lipinski definition) is 1. The van der Waals surface area contributed by atoms with Crippen LogP contribution in [0.25, 0.3) is 0 Å². The number of amides is 1. The van der Waals surface area contributed by atoms with Crippen LogP contribution in [0, 0.1) is 0 Å². The molecular weight excluding hydrogens is 334 g/mol. The van der Waals surface area contributed by atoms with Gasteiger partial charge in [0.15, 0.2) is 0 Å². The third-order valence-corrected chi connectivity index (χ3v) is 5.01. The highest BCUT2D eigenvalue weighted by atomic mass is 32.2. The number of benzene rings is 2. The van der Waals surface area contributed by atoms with Gasteiger partial charge in [0.1, 0.15) is 11.5 Å². The second-order valence-electron chi connectivity index (χ2n) is 5.86. The van der Waals surface area contributed by atoms with Gasteiger partial charge in [0.05, 0.1) is 7.11 Å². The molecule has 0 spiro atoms. The van der Waals surface area contributed by atoms with Gasteiger partial charge in [0.25, 0.3) is 0 Å². The van der Waals surface area contributed by atoms with E-state index in [1.165, 1.54) is 0 Å². The quantitative estimate of drug-likeness (QED) is 0.535. The monoisotopic (exact) mass is 359 g/mol. The van der Waals surface area contributed by atoms with Crippen molar-refractivity contribution in [2.75, 3.05) is 19.9 Å². The van der Waals surface area contributed by atoms with Crippen LogP contribution >= 0.6 is 11.8 Å². The van der Waals surface area contributed by atoms with E-state index in [9.17, 15) is 9.90 Å². The zero-order chi connectivity index (χ0) is 18.1. The molecule has 25 heavy (non-hydrogen) atoms. The van der Waals surface area contributed by atoms with Gasteiger partial charge in [-0.3, -0.25) is 4.79 Å². The van der Waals surface area contributed by atoms with Crippen molar-refractivity contribution in [1.82, 2.24) is 4.90 Å². The fourth-order valence-corrected chi connectivity index (χ4v) is 3.39. The van der Waals surface area contributed by atoms with Crippen molar-refractivity contribution in [1.29, 1.82) is 0 Å². The molecule has 2 aromatic rings. The Bertz CT molecular complexity index is 673. The highest BCUT2D eigenvalue weighted by molar-refractivity contribution is 7.99. The molecule has 2 rings (SSSR count). The Morgan fingerprint density at radius 2 is 1.84 bits per heavy atom. The summed E-state index contributed by atoms with van der Waals surface area (Å²) in [4.78, 5) is 15.2. The molecule has 1 N–H and O–H groups in total. The Hall–Kier alpha value is -2.14. The molecule has 134 valence electrons. The lowest BCUT2D eigenvalue weighted by molar-refractivity contribution is -0.130. The van der Waals surface area contributed by atoms with Crippen molar-refractivity contribution in [2.45, 2.75) is 30.7 Å². The zero-order valence-corrected chi connectivity index (χ0v) is 15.6. The van der Waals surface area contributed by atoms with E-state index < -0.39 is 0 Å². The standard InChI is InChI=1S/C20H25NO3S/c1-21(15-16-7-3-4-8-19(16)24-2)20(23)9-5-6-14-25-18-12-10-17(22)11-13-18/h3-4,7-8,10-13,22H,5-6,9,14-15H2,1-2H3. The first kappa shape index (κ1) is 19.2. The van der Waals surface area contributed by atoms with Crippen LogP contribution in [-0.2, 0) is 11.3 Å². The van der Waals surface area contributed by atoms with E-state index in [-0.39, 0.29) is 11.7 Å². The average molecular weight is 359 g/mol. The average Bonchev–Trinajstić information content (AvgIpc) is 2.63. The molecule has 0 aliphatic rings. The Kier molecular flexibility index (Phi) is 7.67. The first-order valence-corrected chi connectivity index (χ1v) is 9.36. The van der Waals surface area contributed by atoms with E-state index in [1.54, 1.807) is 35.9 Å². The molecule has 0 radical (unpaired) electrons. The molecule has 2 aromatic carbocycles. The summed E-state index contributed by atoms with van der Waals surface area (Å²) in [5, 5.41) is 9.26. The van der Waals surface area contributed by atoms with Crippen molar-refractivity contribution in [3.05, 3.63) is 54.1 Å². The second-order valence-corrected chi connectivity index (χ2v) is 7.03. The van der Waals surface area contributed by atoms with E-state index in [4.69, 9.17) is 4.74 Å². The van der Waals surface area contributed by atoms with Crippen molar-refractivity contribution in [3.8, 4) is 11.5 Å². The van der Waals surface area contributed by atoms with Gasteiger partial charge >= 0.3 is 0 Å². The predicted octanol–water partition coefficient (Wildman–Crippen LogP) is 4.32. The summed E-state index contributed by atoms with van der Waals surface area (Å²) in [6.45, 7) is 0.561. The fraction of sp³-hybridized carbons (Fsp3) is 0.350. The minimum atomic E-state index is 0.153. The normalized spacial score (nSPS) is 10.5. The maximum absolute atomic E-state index is 12.3.